The number of hydrogen-bond donors (Lipinski definition) is 1. The minimum atomic E-state index is -0.504. The van der Waals surface area contributed by atoms with Crippen LogP contribution in [0.5, 0.6) is 0 Å². The molecule has 92 valence electrons. The van der Waals surface area contributed by atoms with Crippen molar-refractivity contribution in [1.29, 1.82) is 0 Å². The number of alkyl halides is 1. The first-order chi connectivity index (χ1) is 7.93. The van der Waals surface area contributed by atoms with E-state index in [9.17, 15) is 14.9 Å². The molecular weight excluding hydrogens is 244 g/mol. The smallest absolute Gasteiger partial charge is 0.273 e. The summed E-state index contributed by atoms with van der Waals surface area (Å²) >= 11 is 5.71. The highest BCUT2D eigenvalue weighted by atomic mass is 35.5. The molecule has 1 amide bonds. The molecule has 0 aromatic heterocycles. The van der Waals surface area contributed by atoms with Gasteiger partial charge in [-0.25, -0.2) is 0 Å². The first-order valence-corrected chi connectivity index (χ1v) is 5.53. The van der Waals surface area contributed by atoms with Crippen LogP contribution in [0.1, 0.15) is 22.8 Å². The van der Waals surface area contributed by atoms with Crippen LogP contribution in [0.3, 0.4) is 0 Å². The Morgan fingerprint density at radius 3 is 2.76 bits per heavy atom. The van der Waals surface area contributed by atoms with Crippen molar-refractivity contribution in [2.24, 2.45) is 0 Å². The highest BCUT2D eigenvalue weighted by molar-refractivity contribution is 6.20. The van der Waals surface area contributed by atoms with Crippen molar-refractivity contribution in [3.8, 4) is 0 Å². The number of carbonyl (C=O) groups excluding carboxylic acids is 1. The lowest BCUT2D eigenvalue weighted by molar-refractivity contribution is -0.385. The molecule has 1 N–H and O–H groups in total. The Kier molecular flexibility index (Phi) is 4.45. The van der Waals surface area contributed by atoms with E-state index in [1.165, 1.54) is 12.1 Å². The van der Waals surface area contributed by atoms with Gasteiger partial charge in [0.1, 0.15) is 0 Å². The normalized spacial score (nSPS) is 11.9. The summed E-state index contributed by atoms with van der Waals surface area (Å²) in [4.78, 5) is 22.0. The number of rotatable bonds is 4. The highest BCUT2D eigenvalue weighted by Gasteiger charge is 2.17. The Labute approximate surface area is 104 Å². The van der Waals surface area contributed by atoms with Crippen LogP contribution in [0, 0.1) is 17.0 Å². The van der Waals surface area contributed by atoms with Crippen LogP contribution >= 0.6 is 11.6 Å². The third-order valence-corrected chi connectivity index (χ3v) is 2.44. The summed E-state index contributed by atoms with van der Waals surface area (Å²) in [7, 11) is 0. The average molecular weight is 257 g/mol. The molecular formula is C11H13ClN2O3. The topological polar surface area (TPSA) is 72.2 Å². The molecule has 17 heavy (non-hydrogen) atoms. The fraction of sp³-hybridized carbons (Fsp3) is 0.364. The van der Waals surface area contributed by atoms with Crippen LogP contribution in [0.15, 0.2) is 18.2 Å². The fourth-order valence-corrected chi connectivity index (χ4v) is 1.47. The zero-order valence-corrected chi connectivity index (χ0v) is 10.3. The number of nitro benzene ring substituents is 1. The van der Waals surface area contributed by atoms with Crippen molar-refractivity contribution in [2.45, 2.75) is 19.2 Å². The summed E-state index contributed by atoms with van der Waals surface area (Å²) < 4.78 is 0. The molecule has 0 spiro atoms. The van der Waals surface area contributed by atoms with E-state index in [4.69, 9.17) is 11.6 Å². The predicted molar refractivity (Wildman–Crippen MR) is 65.5 cm³/mol. The van der Waals surface area contributed by atoms with E-state index < -0.39 is 4.92 Å². The van der Waals surface area contributed by atoms with Crippen LogP contribution < -0.4 is 5.32 Å². The van der Waals surface area contributed by atoms with Gasteiger partial charge in [-0.2, -0.15) is 0 Å². The Bertz CT molecular complexity index is 446. The van der Waals surface area contributed by atoms with Gasteiger partial charge in [0.05, 0.1) is 4.92 Å². The SMILES string of the molecule is Cc1c(C(=O)NCC(C)Cl)cccc1[N+](=O)[O-]. The van der Waals surface area contributed by atoms with Gasteiger partial charge < -0.3 is 5.32 Å². The number of nitro groups is 1. The molecule has 1 rings (SSSR count). The summed E-state index contributed by atoms with van der Waals surface area (Å²) in [6.07, 6.45) is 0. The molecule has 1 unspecified atom stereocenters. The molecule has 0 aliphatic carbocycles. The summed E-state index contributed by atoms with van der Waals surface area (Å²) in [6, 6.07) is 4.41. The van der Waals surface area contributed by atoms with Gasteiger partial charge in [0.15, 0.2) is 0 Å². The van der Waals surface area contributed by atoms with Crippen molar-refractivity contribution in [3.63, 3.8) is 0 Å². The molecule has 1 atom stereocenters. The lowest BCUT2D eigenvalue weighted by Gasteiger charge is -2.08. The van der Waals surface area contributed by atoms with Crippen molar-refractivity contribution in [2.75, 3.05) is 6.54 Å². The maximum Gasteiger partial charge on any atom is 0.273 e. The van der Waals surface area contributed by atoms with Crippen molar-refractivity contribution in [1.82, 2.24) is 5.32 Å². The Hall–Kier alpha value is -1.62. The molecule has 0 aliphatic rings. The van der Waals surface area contributed by atoms with Crippen LogP contribution in [-0.2, 0) is 0 Å². The number of hydrogen-bond acceptors (Lipinski definition) is 3. The van der Waals surface area contributed by atoms with Gasteiger partial charge in [-0.05, 0) is 19.9 Å². The predicted octanol–water partition coefficient (Wildman–Crippen LogP) is 2.26. The molecule has 6 heteroatoms. The first-order valence-electron chi connectivity index (χ1n) is 5.09. The van der Waals surface area contributed by atoms with Crippen molar-refractivity contribution < 1.29 is 9.72 Å². The van der Waals surface area contributed by atoms with E-state index in [1.807, 2.05) is 0 Å². The zero-order chi connectivity index (χ0) is 13.0. The Balaban J connectivity index is 2.95. The van der Waals surface area contributed by atoms with Gasteiger partial charge in [-0.15, -0.1) is 11.6 Å². The van der Waals surface area contributed by atoms with E-state index in [2.05, 4.69) is 5.32 Å². The van der Waals surface area contributed by atoms with E-state index in [0.717, 1.165) is 0 Å². The average Bonchev–Trinajstić information content (AvgIpc) is 2.25. The van der Waals surface area contributed by atoms with Crippen molar-refractivity contribution in [3.05, 3.63) is 39.4 Å². The zero-order valence-electron chi connectivity index (χ0n) is 9.57. The van der Waals surface area contributed by atoms with Crippen LogP contribution in [0.2, 0.25) is 0 Å². The highest BCUT2D eigenvalue weighted by Crippen LogP contribution is 2.20. The van der Waals surface area contributed by atoms with Gasteiger partial charge in [0, 0.05) is 29.1 Å². The summed E-state index contributed by atoms with van der Waals surface area (Å²) in [5.41, 5.74) is 0.602. The largest absolute Gasteiger partial charge is 0.351 e. The standard InChI is InChI=1S/C11H13ClN2O3/c1-7(12)6-13-11(15)9-4-3-5-10(8(9)2)14(16)17/h3-5,7H,6H2,1-2H3,(H,13,15). The van der Waals surface area contributed by atoms with Gasteiger partial charge >= 0.3 is 0 Å². The molecule has 0 fully saturated rings. The maximum absolute atomic E-state index is 11.8. The Morgan fingerprint density at radius 1 is 1.59 bits per heavy atom. The second-order valence-electron chi connectivity index (χ2n) is 3.70. The lowest BCUT2D eigenvalue weighted by Crippen LogP contribution is -2.29. The molecule has 5 nitrogen and oxygen atoms in total. The van der Waals surface area contributed by atoms with E-state index in [0.29, 0.717) is 17.7 Å². The molecule has 0 heterocycles. The van der Waals surface area contributed by atoms with Gasteiger partial charge in [0.2, 0.25) is 0 Å². The van der Waals surface area contributed by atoms with Crippen molar-refractivity contribution >= 4 is 23.2 Å². The second kappa shape index (κ2) is 5.63. The summed E-state index contributed by atoms with van der Waals surface area (Å²) in [5.74, 6) is -0.348. The molecule has 0 saturated heterocycles. The maximum atomic E-state index is 11.8. The molecule has 0 bridgehead atoms. The van der Waals surface area contributed by atoms with Gasteiger partial charge in [0.25, 0.3) is 11.6 Å². The number of nitrogens with one attached hydrogen (secondary N) is 1. The quantitative estimate of drug-likeness (QED) is 0.510. The van der Waals surface area contributed by atoms with Crippen LogP contribution in [0.25, 0.3) is 0 Å². The molecule has 0 saturated carbocycles. The number of amides is 1. The number of nitrogens with zero attached hydrogens (tertiary/aromatic N) is 1. The van der Waals surface area contributed by atoms with Crippen LogP contribution in [-0.4, -0.2) is 22.8 Å². The third-order valence-electron chi connectivity index (χ3n) is 2.29. The number of benzene rings is 1. The monoisotopic (exact) mass is 256 g/mol. The number of carbonyl (C=O) groups is 1. The molecule has 1 aromatic rings. The van der Waals surface area contributed by atoms with Crippen LogP contribution in [0.4, 0.5) is 5.69 Å². The lowest BCUT2D eigenvalue weighted by atomic mass is 10.1. The Morgan fingerprint density at radius 2 is 2.24 bits per heavy atom. The van der Waals surface area contributed by atoms with Gasteiger partial charge in [-0.1, -0.05) is 6.07 Å². The summed E-state index contributed by atoms with van der Waals surface area (Å²) in [5, 5.41) is 13.1. The molecule has 1 aromatic carbocycles. The van der Waals surface area contributed by atoms with Gasteiger partial charge in [-0.3, -0.25) is 14.9 Å². The second-order valence-corrected chi connectivity index (χ2v) is 4.44. The molecule has 0 radical (unpaired) electrons. The third kappa shape index (κ3) is 3.42. The minimum absolute atomic E-state index is 0.0587. The van der Waals surface area contributed by atoms with E-state index >= 15 is 0 Å². The number of halogens is 1. The van der Waals surface area contributed by atoms with E-state index in [-0.39, 0.29) is 17.0 Å². The van der Waals surface area contributed by atoms with E-state index in [1.54, 1.807) is 19.9 Å². The molecule has 0 aliphatic heterocycles. The fourth-order valence-electron chi connectivity index (χ4n) is 1.40. The summed E-state index contributed by atoms with van der Waals surface area (Å²) in [6.45, 7) is 3.63. The first kappa shape index (κ1) is 13.4. The minimum Gasteiger partial charge on any atom is -0.351 e.